The molecule has 0 saturated carbocycles. The fraction of sp³-hybridized carbons (Fsp3) is 0.333. The van der Waals surface area contributed by atoms with Gasteiger partial charge in [-0.3, -0.25) is 4.79 Å². The van der Waals surface area contributed by atoms with Crippen LogP contribution < -0.4 is 9.47 Å². The first kappa shape index (κ1) is 24.4. The summed E-state index contributed by atoms with van der Waals surface area (Å²) in [6.07, 6.45) is 0. The number of methoxy groups -OCH3 is 1. The smallest absolute Gasteiger partial charge is 0.387 e. The highest BCUT2D eigenvalue weighted by molar-refractivity contribution is 7.89. The van der Waals surface area contributed by atoms with Gasteiger partial charge in [-0.05, 0) is 24.3 Å². The van der Waals surface area contributed by atoms with Gasteiger partial charge in [-0.25, -0.2) is 13.2 Å². The van der Waals surface area contributed by atoms with Crippen LogP contribution in [0.25, 0.3) is 0 Å². The number of benzene rings is 2. The van der Waals surface area contributed by atoms with Crippen LogP contribution in [0.1, 0.15) is 10.4 Å². The molecule has 0 N–H and O–H groups in total. The minimum atomic E-state index is -3.67. The number of sulfonamides is 1. The van der Waals surface area contributed by atoms with Gasteiger partial charge in [0, 0.05) is 26.2 Å². The molecule has 0 atom stereocenters. The van der Waals surface area contributed by atoms with Crippen molar-refractivity contribution in [2.75, 3.05) is 39.9 Å². The molecule has 0 unspecified atom stereocenters. The normalized spacial score (nSPS) is 14.7. The molecule has 1 heterocycles. The predicted octanol–water partition coefficient (Wildman–Crippen LogP) is 1.99. The average Bonchev–Trinajstić information content (AvgIpc) is 2.82. The Balaban J connectivity index is 1.58. The molecule has 0 spiro atoms. The largest absolute Gasteiger partial charge is 0.493 e. The van der Waals surface area contributed by atoms with E-state index in [0.29, 0.717) is 0 Å². The lowest BCUT2D eigenvalue weighted by Crippen LogP contribution is -2.51. The molecule has 1 fully saturated rings. The van der Waals surface area contributed by atoms with Crippen molar-refractivity contribution in [2.24, 2.45) is 0 Å². The van der Waals surface area contributed by atoms with Gasteiger partial charge in [-0.1, -0.05) is 24.3 Å². The van der Waals surface area contributed by atoms with Gasteiger partial charge < -0.3 is 19.1 Å². The van der Waals surface area contributed by atoms with Gasteiger partial charge in [-0.2, -0.15) is 13.1 Å². The molecule has 9 nitrogen and oxygen atoms in total. The Hall–Kier alpha value is -3.25. The molecule has 3 rings (SSSR count). The van der Waals surface area contributed by atoms with Gasteiger partial charge in [-0.15, -0.1) is 0 Å². The van der Waals surface area contributed by atoms with Crippen LogP contribution in [-0.2, 0) is 19.6 Å². The number of halogens is 2. The van der Waals surface area contributed by atoms with E-state index in [-0.39, 0.29) is 42.4 Å². The molecule has 1 aliphatic heterocycles. The summed E-state index contributed by atoms with van der Waals surface area (Å²) in [5.74, 6) is -2.17. The molecule has 0 bridgehead atoms. The summed E-state index contributed by atoms with van der Waals surface area (Å²) in [4.78, 5) is 26.4. The van der Waals surface area contributed by atoms with Crippen molar-refractivity contribution >= 4 is 21.9 Å². The zero-order valence-corrected chi connectivity index (χ0v) is 18.5. The summed E-state index contributed by atoms with van der Waals surface area (Å²) in [5.41, 5.74) is -0.318. The Kier molecular flexibility index (Phi) is 7.82. The average molecular weight is 484 g/mol. The predicted molar refractivity (Wildman–Crippen MR) is 112 cm³/mol. The number of para-hydroxylation sites is 1. The number of amides is 1. The molecule has 1 saturated heterocycles. The van der Waals surface area contributed by atoms with Gasteiger partial charge >= 0.3 is 12.6 Å². The zero-order chi connectivity index (χ0) is 24.0. The first-order valence-electron chi connectivity index (χ1n) is 9.86. The summed E-state index contributed by atoms with van der Waals surface area (Å²) in [5, 5.41) is 0. The molecule has 2 aromatic rings. The first-order valence-corrected chi connectivity index (χ1v) is 11.3. The first-order chi connectivity index (χ1) is 15.7. The van der Waals surface area contributed by atoms with Crippen molar-refractivity contribution in [3.05, 3.63) is 54.1 Å². The number of piperazine rings is 1. The highest BCUT2D eigenvalue weighted by atomic mass is 32.2. The van der Waals surface area contributed by atoms with Crippen LogP contribution in [0.2, 0.25) is 0 Å². The van der Waals surface area contributed by atoms with E-state index < -0.39 is 40.9 Å². The van der Waals surface area contributed by atoms with Crippen LogP contribution in [0, 0.1) is 0 Å². The van der Waals surface area contributed by atoms with Crippen molar-refractivity contribution < 1.29 is 41.0 Å². The van der Waals surface area contributed by atoms with E-state index in [1.807, 2.05) is 0 Å². The van der Waals surface area contributed by atoms with E-state index in [9.17, 15) is 26.8 Å². The third-order valence-electron chi connectivity index (χ3n) is 4.92. The van der Waals surface area contributed by atoms with E-state index in [1.54, 1.807) is 18.2 Å². The topological polar surface area (TPSA) is 102 Å². The van der Waals surface area contributed by atoms with Crippen molar-refractivity contribution in [1.82, 2.24) is 9.21 Å². The summed E-state index contributed by atoms with van der Waals surface area (Å²) in [6, 6.07) is 11.9. The van der Waals surface area contributed by atoms with E-state index in [2.05, 4.69) is 4.74 Å². The quantitative estimate of drug-likeness (QED) is 0.528. The lowest BCUT2D eigenvalue weighted by molar-refractivity contribution is -0.135. The number of nitrogens with zero attached hydrogens (tertiary/aromatic N) is 2. The van der Waals surface area contributed by atoms with E-state index >= 15 is 0 Å². The molecule has 178 valence electrons. The number of hydrogen-bond donors (Lipinski definition) is 0. The Bertz CT molecular complexity index is 1090. The highest BCUT2D eigenvalue weighted by Gasteiger charge is 2.30. The van der Waals surface area contributed by atoms with Crippen molar-refractivity contribution in [1.29, 1.82) is 0 Å². The summed E-state index contributed by atoms with van der Waals surface area (Å²) < 4.78 is 66.4. The summed E-state index contributed by atoms with van der Waals surface area (Å²) in [6.45, 7) is -3.45. The maximum absolute atomic E-state index is 12.7. The highest BCUT2D eigenvalue weighted by Crippen LogP contribution is 2.33. The minimum Gasteiger partial charge on any atom is -0.493 e. The molecular formula is C21H22F2N2O7S. The van der Waals surface area contributed by atoms with Crippen molar-refractivity contribution in [2.45, 2.75) is 11.5 Å². The number of carbonyl (C=O) groups is 2. The second-order valence-corrected chi connectivity index (χ2v) is 8.83. The van der Waals surface area contributed by atoms with Crippen LogP contribution in [0.5, 0.6) is 11.5 Å². The van der Waals surface area contributed by atoms with E-state index in [0.717, 1.165) is 0 Å². The standard InChI is InChI=1S/C21H22F2N2O7S/c1-30-17-9-5-8-16(19(17)32-21(22)23)20(27)31-14-18(26)24-10-12-25(13-11-24)33(28,29)15-6-3-2-4-7-15/h2-9,21H,10-14H2,1H3. The van der Waals surface area contributed by atoms with Crippen molar-refractivity contribution in [3.8, 4) is 11.5 Å². The number of ether oxygens (including phenoxy) is 3. The second kappa shape index (κ2) is 10.6. The molecule has 0 aromatic heterocycles. The molecule has 1 aliphatic rings. The molecule has 2 aromatic carbocycles. The summed E-state index contributed by atoms with van der Waals surface area (Å²) >= 11 is 0. The van der Waals surface area contributed by atoms with Gasteiger partial charge in [0.25, 0.3) is 5.91 Å². The fourth-order valence-electron chi connectivity index (χ4n) is 3.26. The van der Waals surface area contributed by atoms with Crippen LogP contribution in [0.4, 0.5) is 8.78 Å². The number of rotatable bonds is 8. The second-order valence-electron chi connectivity index (χ2n) is 6.89. The number of alkyl halides is 2. The number of carbonyl (C=O) groups excluding carboxylic acids is 2. The van der Waals surface area contributed by atoms with Crippen LogP contribution in [0.15, 0.2) is 53.4 Å². The van der Waals surface area contributed by atoms with E-state index in [1.165, 1.54) is 46.6 Å². The van der Waals surface area contributed by atoms with Gasteiger partial charge in [0.2, 0.25) is 10.0 Å². The zero-order valence-electron chi connectivity index (χ0n) is 17.6. The van der Waals surface area contributed by atoms with E-state index in [4.69, 9.17) is 9.47 Å². The van der Waals surface area contributed by atoms with Crippen molar-refractivity contribution in [3.63, 3.8) is 0 Å². The number of esters is 1. The monoisotopic (exact) mass is 484 g/mol. The molecule has 33 heavy (non-hydrogen) atoms. The maximum Gasteiger partial charge on any atom is 0.387 e. The Morgan fingerprint density at radius 3 is 2.27 bits per heavy atom. The van der Waals surface area contributed by atoms with Gasteiger partial charge in [0.05, 0.1) is 12.0 Å². The number of hydrogen-bond acceptors (Lipinski definition) is 7. The Labute approximate surface area is 189 Å². The third kappa shape index (κ3) is 5.76. The molecule has 0 radical (unpaired) electrons. The third-order valence-corrected chi connectivity index (χ3v) is 6.84. The van der Waals surface area contributed by atoms with Gasteiger partial charge in [0.1, 0.15) is 5.56 Å². The molecule has 0 aliphatic carbocycles. The molecule has 1 amide bonds. The SMILES string of the molecule is COc1cccc(C(=O)OCC(=O)N2CCN(S(=O)(=O)c3ccccc3)CC2)c1OC(F)F. The van der Waals surface area contributed by atoms with Gasteiger partial charge in [0.15, 0.2) is 18.1 Å². The molecular weight excluding hydrogens is 462 g/mol. The van der Waals surface area contributed by atoms with Crippen LogP contribution >= 0.6 is 0 Å². The minimum absolute atomic E-state index is 0.0825. The lowest BCUT2D eigenvalue weighted by atomic mass is 10.2. The van der Waals surface area contributed by atoms with Crippen LogP contribution in [-0.4, -0.2) is 76.0 Å². The maximum atomic E-state index is 12.7. The lowest BCUT2D eigenvalue weighted by Gasteiger charge is -2.33. The van der Waals surface area contributed by atoms with Crippen LogP contribution in [0.3, 0.4) is 0 Å². The Morgan fingerprint density at radius 1 is 1.00 bits per heavy atom. The summed E-state index contributed by atoms with van der Waals surface area (Å²) in [7, 11) is -2.45. The Morgan fingerprint density at radius 2 is 1.67 bits per heavy atom. The fourth-order valence-corrected chi connectivity index (χ4v) is 4.71. The molecule has 12 heteroatoms.